The number of β-amino-alcohol motifs (C(OH)–C–C–N with tert-alkyl or cyclic N) is 1. The van der Waals surface area contributed by atoms with Crippen molar-refractivity contribution >= 4 is 0 Å². The molecule has 0 aromatic carbocycles. The topological polar surface area (TPSA) is 65.6 Å². The maximum absolute atomic E-state index is 9.48. The van der Waals surface area contributed by atoms with Crippen LogP contribution >= 0.6 is 0 Å². The van der Waals surface area contributed by atoms with Gasteiger partial charge in [0.2, 0.25) is 5.89 Å². The van der Waals surface area contributed by atoms with Crippen molar-refractivity contribution in [3.8, 4) is 0 Å². The summed E-state index contributed by atoms with van der Waals surface area (Å²) in [7, 11) is 2.14. The largest absolute Gasteiger partial charge is 0.392 e. The highest BCUT2D eigenvalue weighted by Crippen LogP contribution is 2.23. The number of aliphatic hydroxyl groups is 1. The van der Waals surface area contributed by atoms with Gasteiger partial charge in [-0.05, 0) is 59.2 Å². The fraction of sp³-hybridized carbons (Fsp3) is 0.882. The minimum absolute atomic E-state index is 0.156. The Kier molecular flexibility index (Phi) is 6.99. The van der Waals surface area contributed by atoms with Crippen LogP contribution in [-0.4, -0.2) is 64.4 Å². The molecule has 1 saturated heterocycles. The standard InChI is InChI=1S/C17H32N4O2/c1-5-6-16-18-17(23-19-16)14(3)20(4)12-15-7-9-21(10-8-15)11-13(2)22/h13-15,22H,5-12H2,1-4H3/t13-,14+/m0/s1. The van der Waals surface area contributed by atoms with Gasteiger partial charge in [-0.25, -0.2) is 0 Å². The quantitative estimate of drug-likeness (QED) is 0.790. The number of hydrogen-bond acceptors (Lipinski definition) is 6. The molecular weight excluding hydrogens is 292 g/mol. The summed E-state index contributed by atoms with van der Waals surface area (Å²) in [5.74, 6) is 2.24. The van der Waals surface area contributed by atoms with Crippen LogP contribution in [0.3, 0.4) is 0 Å². The van der Waals surface area contributed by atoms with E-state index in [1.165, 1.54) is 12.8 Å². The van der Waals surface area contributed by atoms with E-state index < -0.39 is 0 Å². The molecule has 23 heavy (non-hydrogen) atoms. The second-order valence-corrected chi connectivity index (χ2v) is 7.01. The summed E-state index contributed by atoms with van der Waals surface area (Å²) in [6, 6.07) is 0.156. The normalized spacial score (nSPS) is 20.1. The van der Waals surface area contributed by atoms with Gasteiger partial charge in [-0.2, -0.15) is 4.98 Å². The Morgan fingerprint density at radius 1 is 1.35 bits per heavy atom. The lowest BCUT2D eigenvalue weighted by atomic mass is 9.95. The molecule has 0 spiro atoms. The van der Waals surface area contributed by atoms with Crippen molar-refractivity contribution in [1.82, 2.24) is 19.9 Å². The Hall–Kier alpha value is -0.980. The summed E-state index contributed by atoms with van der Waals surface area (Å²) in [5, 5.41) is 13.5. The number of likely N-dealkylation sites (tertiary alicyclic amines) is 1. The van der Waals surface area contributed by atoms with Crippen molar-refractivity contribution in [1.29, 1.82) is 0 Å². The molecular formula is C17H32N4O2. The van der Waals surface area contributed by atoms with Crippen molar-refractivity contribution in [2.75, 3.05) is 33.2 Å². The number of nitrogens with zero attached hydrogens (tertiary/aromatic N) is 4. The van der Waals surface area contributed by atoms with Crippen LogP contribution in [0, 0.1) is 5.92 Å². The number of aromatic nitrogens is 2. The smallest absolute Gasteiger partial charge is 0.243 e. The Morgan fingerprint density at radius 3 is 2.65 bits per heavy atom. The third-order valence-corrected chi connectivity index (χ3v) is 4.75. The molecule has 1 aliphatic heterocycles. The van der Waals surface area contributed by atoms with E-state index in [1.54, 1.807) is 0 Å². The maximum atomic E-state index is 9.48. The Morgan fingerprint density at radius 2 is 2.04 bits per heavy atom. The molecule has 1 aromatic heterocycles. The van der Waals surface area contributed by atoms with Gasteiger partial charge < -0.3 is 14.5 Å². The van der Waals surface area contributed by atoms with E-state index in [0.29, 0.717) is 5.92 Å². The summed E-state index contributed by atoms with van der Waals surface area (Å²) in [6.45, 7) is 10.1. The molecule has 6 heteroatoms. The highest BCUT2D eigenvalue weighted by Gasteiger charge is 2.25. The van der Waals surface area contributed by atoms with E-state index in [-0.39, 0.29) is 12.1 Å². The average Bonchev–Trinajstić information content (AvgIpc) is 2.97. The van der Waals surface area contributed by atoms with E-state index in [4.69, 9.17) is 4.52 Å². The number of aryl methyl sites for hydroxylation is 1. The fourth-order valence-electron chi connectivity index (χ4n) is 3.24. The number of aliphatic hydroxyl groups excluding tert-OH is 1. The van der Waals surface area contributed by atoms with Crippen molar-refractivity contribution in [2.45, 2.75) is 58.6 Å². The SMILES string of the molecule is CCCc1noc([C@@H](C)N(C)CC2CCN(C[C@H](C)O)CC2)n1. The zero-order valence-electron chi connectivity index (χ0n) is 15.0. The minimum atomic E-state index is -0.232. The van der Waals surface area contributed by atoms with Crippen LogP contribution in [0.25, 0.3) is 0 Å². The van der Waals surface area contributed by atoms with Gasteiger partial charge in [0.05, 0.1) is 12.1 Å². The first-order chi connectivity index (χ1) is 11.0. The van der Waals surface area contributed by atoms with Gasteiger partial charge in [-0.1, -0.05) is 12.1 Å². The van der Waals surface area contributed by atoms with Crippen LogP contribution in [0.15, 0.2) is 4.52 Å². The Bertz CT molecular complexity index is 455. The van der Waals surface area contributed by atoms with Gasteiger partial charge in [0.1, 0.15) is 0 Å². The van der Waals surface area contributed by atoms with Crippen LogP contribution < -0.4 is 0 Å². The third kappa shape index (κ3) is 5.55. The lowest BCUT2D eigenvalue weighted by Crippen LogP contribution is -2.41. The molecule has 0 amide bonds. The van der Waals surface area contributed by atoms with Crippen molar-refractivity contribution in [3.63, 3.8) is 0 Å². The van der Waals surface area contributed by atoms with E-state index in [2.05, 4.69) is 40.8 Å². The molecule has 1 aliphatic rings. The van der Waals surface area contributed by atoms with Gasteiger partial charge in [-0.15, -0.1) is 0 Å². The van der Waals surface area contributed by atoms with Gasteiger partial charge in [-0.3, -0.25) is 4.90 Å². The molecule has 2 atom stereocenters. The van der Waals surface area contributed by atoms with Crippen LogP contribution in [0.5, 0.6) is 0 Å². The number of hydrogen-bond donors (Lipinski definition) is 1. The summed E-state index contributed by atoms with van der Waals surface area (Å²) in [6.07, 6.45) is 4.06. The molecule has 6 nitrogen and oxygen atoms in total. The first-order valence-electron chi connectivity index (χ1n) is 8.92. The molecule has 0 saturated carbocycles. The summed E-state index contributed by atoms with van der Waals surface area (Å²) in [4.78, 5) is 9.18. The van der Waals surface area contributed by atoms with E-state index in [9.17, 15) is 5.11 Å². The van der Waals surface area contributed by atoms with Crippen LogP contribution in [0.2, 0.25) is 0 Å². The second kappa shape index (κ2) is 8.76. The maximum Gasteiger partial charge on any atom is 0.243 e. The predicted octanol–water partition coefficient (Wildman–Crippen LogP) is 2.11. The fourth-order valence-corrected chi connectivity index (χ4v) is 3.24. The molecule has 0 unspecified atom stereocenters. The van der Waals surface area contributed by atoms with Crippen molar-refractivity contribution in [3.05, 3.63) is 11.7 Å². The molecule has 0 bridgehead atoms. The van der Waals surface area contributed by atoms with Crippen molar-refractivity contribution < 1.29 is 9.63 Å². The van der Waals surface area contributed by atoms with Gasteiger partial charge in [0.15, 0.2) is 5.82 Å². The van der Waals surface area contributed by atoms with E-state index >= 15 is 0 Å². The van der Waals surface area contributed by atoms with Crippen molar-refractivity contribution in [2.24, 2.45) is 5.92 Å². The average molecular weight is 324 g/mol. The molecule has 0 radical (unpaired) electrons. The zero-order chi connectivity index (χ0) is 16.8. The molecule has 1 fully saturated rings. The van der Waals surface area contributed by atoms with Crippen LogP contribution in [0.1, 0.15) is 57.8 Å². The summed E-state index contributed by atoms with van der Waals surface area (Å²) < 4.78 is 5.41. The summed E-state index contributed by atoms with van der Waals surface area (Å²) >= 11 is 0. The second-order valence-electron chi connectivity index (χ2n) is 7.01. The number of piperidine rings is 1. The van der Waals surface area contributed by atoms with Crippen LogP contribution in [0.4, 0.5) is 0 Å². The predicted molar refractivity (Wildman–Crippen MR) is 90.2 cm³/mol. The van der Waals surface area contributed by atoms with Gasteiger partial charge >= 0.3 is 0 Å². The highest BCUT2D eigenvalue weighted by molar-refractivity contribution is 4.92. The Labute approximate surface area is 139 Å². The first-order valence-corrected chi connectivity index (χ1v) is 8.92. The molecule has 1 aromatic rings. The monoisotopic (exact) mass is 324 g/mol. The van der Waals surface area contributed by atoms with Crippen LogP contribution in [-0.2, 0) is 6.42 Å². The zero-order valence-corrected chi connectivity index (χ0v) is 15.0. The summed E-state index contributed by atoms with van der Waals surface area (Å²) in [5.41, 5.74) is 0. The molecule has 2 rings (SSSR count). The molecule has 0 aliphatic carbocycles. The number of rotatable bonds is 8. The van der Waals surface area contributed by atoms with Gasteiger partial charge in [0.25, 0.3) is 0 Å². The highest BCUT2D eigenvalue weighted by atomic mass is 16.5. The lowest BCUT2D eigenvalue weighted by molar-refractivity contribution is 0.0860. The lowest BCUT2D eigenvalue weighted by Gasteiger charge is -2.35. The molecule has 1 N–H and O–H groups in total. The third-order valence-electron chi connectivity index (χ3n) is 4.75. The van der Waals surface area contributed by atoms with E-state index in [0.717, 1.165) is 50.7 Å². The Balaban J connectivity index is 1.78. The molecule has 132 valence electrons. The first kappa shape index (κ1) is 18.4. The van der Waals surface area contributed by atoms with Gasteiger partial charge in [0, 0.05) is 19.5 Å². The van der Waals surface area contributed by atoms with E-state index in [1.807, 2.05) is 6.92 Å². The molecule has 2 heterocycles. The minimum Gasteiger partial charge on any atom is -0.392 e.